The number of hydrogen-bond donors (Lipinski definition) is 2. The number of carbonyl (C=O) groups is 2. The van der Waals surface area contributed by atoms with Crippen molar-refractivity contribution in [3.05, 3.63) is 46.5 Å². The zero-order chi connectivity index (χ0) is 16.9. The van der Waals surface area contributed by atoms with Gasteiger partial charge in [0.1, 0.15) is 4.88 Å². The Morgan fingerprint density at radius 1 is 1.21 bits per heavy atom. The average molecular weight is 343 g/mol. The maximum absolute atomic E-state index is 12.3. The maximum atomic E-state index is 12.3. The van der Waals surface area contributed by atoms with Gasteiger partial charge in [0.05, 0.1) is 5.69 Å². The average Bonchev–Trinajstić information content (AvgIpc) is 3.23. The molecule has 1 heterocycles. The first kappa shape index (κ1) is 16.6. The summed E-state index contributed by atoms with van der Waals surface area (Å²) in [5.74, 6) is -0.0442. The summed E-state index contributed by atoms with van der Waals surface area (Å²) in [5.41, 5.74) is 1.69. The van der Waals surface area contributed by atoms with Crippen molar-refractivity contribution in [2.75, 3.05) is 5.32 Å². The lowest BCUT2D eigenvalue weighted by molar-refractivity contribution is -0.119. The number of thiazole rings is 1. The van der Waals surface area contributed by atoms with Crippen molar-refractivity contribution in [1.82, 2.24) is 10.3 Å². The molecule has 1 aliphatic rings. The number of hydrogen-bond acceptors (Lipinski definition) is 4. The van der Waals surface area contributed by atoms with E-state index in [4.69, 9.17) is 0 Å². The fourth-order valence-corrected chi connectivity index (χ4v) is 3.80. The second-order valence-corrected chi connectivity index (χ2v) is 7.07. The van der Waals surface area contributed by atoms with E-state index in [9.17, 15) is 9.59 Å². The van der Waals surface area contributed by atoms with Gasteiger partial charge in [-0.15, -0.1) is 0 Å². The molecule has 24 heavy (non-hydrogen) atoms. The summed E-state index contributed by atoms with van der Waals surface area (Å²) in [7, 11) is 0. The van der Waals surface area contributed by atoms with E-state index < -0.39 is 0 Å². The molecule has 0 unspecified atom stereocenters. The van der Waals surface area contributed by atoms with Crippen molar-refractivity contribution >= 4 is 28.3 Å². The van der Waals surface area contributed by atoms with Crippen LogP contribution in [-0.2, 0) is 11.3 Å². The predicted molar refractivity (Wildman–Crippen MR) is 95.1 cm³/mol. The van der Waals surface area contributed by atoms with Crippen LogP contribution in [0.5, 0.6) is 0 Å². The number of aromatic nitrogens is 1. The minimum Gasteiger partial charge on any atom is -0.347 e. The minimum absolute atomic E-state index is 0.0255. The van der Waals surface area contributed by atoms with Crippen LogP contribution in [0.4, 0.5) is 5.13 Å². The minimum atomic E-state index is -0.157. The molecule has 2 amide bonds. The van der Waals surface area contributed by atoms with Crippen LogP contribution < -0.4 is 10.6 Å². The second-order valence-electron chi connectivity index (χ2n) is 6.07. The Kier molecular flexibility index (Phi) is 5.25. The molecule has 0 spiro atoms. The number of nitrogens with zero attached hydrogens (tertiary/aromatic N) is 1. The molecule has 1 aliphatic carbocycles. The van der Waals surface area contributed by atoms with Gasteiger partial charge < -0.3 is 10.6 Å². The lowest BCUT2D eigenvalue weighted by Crippen LogP contribution is -2.22. The maximum Gasteiger partial charge on any atom is 0.263 e. The molecule has 0 saturated heterocycles. The lowest BCUT2D eigenvalue weighted by atomic mass is 10.1. The van der Waals surface area contributed by atoms with Crippen LogP contribution >= 0.6 is 11.3 Å². The highest BCUT2D eigenvalue weighted by atomic mass is 32.1. The van der Waals surface area contributed by atoms with Gasteiger partial charge in [0.15, 0.2) is 5.13 Å². The third kappa shape index (κ3) is 4.00. The Bertz CT molecular complexity index is 721. The van der Waals surface area contributed by atoms with Gasteiger partial charge >= 0.3 is 0 Å². The molecule has 0 atom stereocenters. The predicted octanol–water partition coefficient (Wildman–Crippen LogP) is 3.51. The summed E-state index contributed by atoms with van der Waals surface area (Å²) in [6.45, 7) is 2.26. The Morgan fingerprint density at radius 2 is 1.92 bits per heavy atom. The summed E-state index contributed by atoms with van der Waals surface area (Å²) in [6, 6.07) is 9.75. The van der Waals surface area contributed by atoms with Crippen molar-refractivity contribution in [2.24, 2.45) is 5.92 Å². The smallest absolute Gasteiger partial charge is 0.263 e. The largest absolute Gasteiger partial charge is 0.347 e. The molecule has 0 bridgehead atoms. The molecule has 126 valence electrons. The van der Waals surface area contributed by atoms with Gasteiger partial charge in [-0.05, 0) is 25.3 Å². The molecule has 1 saturated carbocycles. The molecule has 6 heteroatoms. The standard InChI is InChI=1S/C18H21N3O2S/c1-12-15(17(23)19-11-13-7-3-2-4-8-13)24-18(20-12)21-16(22)14-9-5-6-10-14/h2-4,7-8,14H,5-6,9-11H2,1H3,(H,19,23)(H,20,21,22). The van der Waals surface area contributed by atoms with Crippen LogP contribution in [0, 0.1) is 12.8 Å². The number of rotatable bonds is 5. The molecule has 1 fully saturated rings. The van der Waals surface area contributed by atoms with E-state index in [1.165, 1.54) is 11.3 Å². The van der Waals surface area contributed by atoms with Gasteiger partial charge in [-0.3, -0.25) is 9.59 Å². The summed E-state index contributed by atoms with van der Waals surface area (Å²) < 4.78 is 0. The molecule has 2 N–H and O–H groups in total. The van der Waals surface area contributed by atoms with Crippen LogP contribution in [0.25, 0.3) is 0 Å². The highest BCUT2D eigenvalue weighted by Crippen LogP contribution is 2.28. The van der Waals surface area contributed by atoms with E-state index in [1.807, 2.05) is 30.3 Å². The first-order valence-corrected chi connectivity index (χ1v) is 9.05. The first-order valence-electron chi connectivity index (χ1n) is 8.24. The summed E-state index contributed by atoms with van der Waals surface area (Å²) in [4.78, 5) is 29.4. The summed E-state index contributed by atoms with van der Waals surface area (Å²) in [6.07, 6.45) is 4.12. The molecule has 0 radical (unpaired) electrons. The van der Waals surface area contributed by atoms with Crippen LogP contribution in [0.1, 0.15) is 46.6 Å². The monoisotopic (exact) mass is 343 g/mol. The van der Waals surface area contributed by atoms with E-state index in [0.717, 1.165) is 31.2 Å². The van der Waals surface area contributed by atoms with Gasteiger partial charge in [-0.1, -0.05) is 54.5 Å². The quantitative estimate of drug-likeness (QED) is 0.873. The van der Waals surface area contributed by atoms with Gasteiger partial charge in [0, 0.05) is 12.5 Å². The van der Waals surface area contributed by atoms with Crippen LogP contribution in [0.2, 0.25) is 0 Å². The topological polar surface area (TPSA) is 71.1 Å². The number of carbonyl (C=O) groups excluding carboxylic acids is 2. The number of aryl methyl sites for hydroxylation is 1. The molecular weight excluding hydrogens is 322 g/mol. The second kappa shape index (κ2) is 7.57. The Balaban J connectivity index is 1.60. The molecular formula is C18H21N3O2S. The van der Waals surface area contributed by atoms with Crippen molar-refractivity contribution in [3.63, 3.8) is 0 Å². The summed E-state index contributed by atoms with van der Waals surface area (Å²) >= 11 is 1.23. The van der Waals surface area contributed by atoms with Crippen LogP contribution in [0.15, 0.2) is 30.3 Å². The molecule has 2 aromatic rings. The van der Waals surface area contributed by atoms with Gasteiger partial charge in [-0.25, -0.2) is 4.98 Å². The number of anilines is 1. The van der Waals surface area contributed by atoms with Crippen molar-refractivity contribution in [3.8, 4) is 0 Å². The number of amides is 2. The number of benzene rings is 1. The number of nitrogens with one attached hydrogen (secondary N) is 2. The van der Waals surface area contributed by atoms with Gasteiger partial charge in [-0.2, -0.15) is 0 Å². The summed E-state index contributed by atoms with van der Waals surface area (Å²) in [5, 5.41) is 6.27. The SMILES string of the molecule is Cc1nc(NC(=O)C2CCCC2)sc1C(=O)NCc1ccccc1. The van der Waals surface area contributed by atoms with Crippen LogP contribution in [0.3, 0.4) is 0 Å². The van der Waals surface area contributed by atoms with Crippen molar-refractivity contribution in [1.29, 1.82) is 0 Å². The Labute approximate surface area is 145 Å². The Hall–Kier alpha value is -2.21. The van der Waals surface area contributed by atoms with Gasteiger partial charge in [0.2, 0.25) is 5.91 Å². The fraction of sp³-hybridized carbons (Fsp3) is 0.389. The Morgan fingerprint density at radius 3 is 2.62 bits per heavy atom. The third-order valence-corrected chi connectivity index (χ3v) is 5.33. The third-order valence-electron chi connectivity index (χ3n) is 4.25. The normalized spacial score (nSPS) is 14.5. The highest BCUT2D eigenvalue weighted by Gasteiger charge is 2.24. The zero-order valence-corrected chi connectivity index (χ0v) is 14.5. The van der Waals surface area contributed by atoms with Gasteiger partial charge in [0.25, 0.3) is 5.91 Å². The van der Waals surface area contributed by atoms with E-state index in [2.05, 4.69) is 15.6 Å². The molecule has 0 aliphatic heterocycles. The van der Waals surface area contributed by atoms with E-state index in [-0.39, 0.29) is 17.7 Å². The van der Waals surface area contributed by atoms with E-state index >= 15 is 0 Å². The molecule has 1 aromatic heterocycles. The zero-order valence-electron chi connectivity index (χ0n) is 13.7. The molecule has 5 nitrogen and oxygen atoms in total. The van der Waals surface area contributed by atoms with E-state index in [1.54, 1.807) is 6.92 Å². The first-order chi connectivity index (χ1) is 11.6. The highest BCUT2D eigenvalue weighted by molar-refractivity contribution is 7.17. The van der Waals surface area contributed by atoms with Crippen LogP contribution in [-0.4, -0.2) is 16.8 Å². The van der Waals surface area contributed by atoms with E-state index in [0.29, 0.717) is 22.2 Å². The fourth-order valence-electron chi connectivity index (χ4n) is 2.91. The van der Waals surface area contributed by atoms with Crippen molar-refractivity contribution in [2.45, 2.75) is 39.2 Å². The molecule has 1 aromatic carbocycles. The lowest BCUT2D eigenvalue weighted by Gasteiger charge is -2.07. The van der Waals surface area contributed by atoms with Crippen molar-refractivity contribution < 1.29 is 9.59 Å². The molecule has 3 rings (SSSR count).